The first kappa shape index (κ1) is 17.9. The lowest BCUT2D eigenvalue weighted by Crippen LogP contribution is -2.20. The van der Waals surface area contributed by atoms with Gasteiger partial charge in [-0.2, -0.15) is 0 Å². The third-order valence-electron chi connectivity index (χ3n) is 3.87. The van der Waals surface area contributed by atoms with Crippen molar-refractivity contribution in [2.75, 3.05) is 13.8 Å². The second kappa shape index (κ2) is 7.58. The highest BCUT2D eigenvalue weighted by atomic mass is 35.5. The lowest BCUT2D eigenvalue weighted by Gasteiger charge is -2.24. The Morgan fingerprint density at radius 1 is 1.20 bits per heavy atom. The summed E-state index contributed by atoms with van der Waals surface area (Å²) in [5.74, 6) is 0.785. The maximum atomic E-state index is 10.9. The second-order valence-electron chi connectivity index (χ2n) is 5.87. The first-order chi connectivity index (χ1) is 11.9. The molecule has 0 N–H and O–H groups in total. The van der Waals surface area contributed by atoms with Gasteiger partial charge in [-0.05, 0) is 30.8 Å². The topological polar surface area (TPSA) is 64.8 Å². The van der Waals surface area contributed by atoms with Crippen LogP contribution in [0.5, 0.6) is 5.75 Å². The molecular formula is C17H16Cl2N2O4. The molecule has 0 unspecified atom stereocenters. The van der Waals surface area contributed by atoms with Gasteiger partial charge in [-0.3, -0.25) is 15.0 Å². The molecule has 0 saturated heterocycles. The molecule has 0 saturated carbocycles. The second-order valence-corrected chi connectivity index (χ2v) is 6.71. The molecule has 1 heterocycles. The highest BCUT2D eigenvalue weighted by molar-refractivity contribution is 6.31. The molecule has 0 fully saturated rings. The summed E-state index contributed by atoms with van der Waals surface area (Å²) in [6.45, 7) is 1.69. The molecule has 1 aliphatic heterocycles. The lowest BCUT2D eigenvalue weighted by atomic mass is 10.1. The summed E-state index contributed by atoms with van der Waals surface area (Å²) in [4.78, 5) is 12.5. The fourth-order valence-electron chi connectivity index (χ4n) is 2.81. The van der Waals surface area contributed by atoms with E-state index in [2.05, 4.69) is 0 Å². The molecule has 0 spiro atoms. The Labute approximate surface area is 155 Å². The largest absolute Gasteiger partial charge is 0.467 e. The van der Waals surface area contributed by atoms with Crippen LogP contribution in [0.25, 0.3) is 0 Å². The molecule has 2 aromatic carbocycles. The average Bonchev–Trinajstić information content (AvgIpc) is 2.56. The van der Waals surface area contributed by atoms with Crippen LogP contribution in [0.15, 0.2) is 30.3 Å². The number of hydrogen-bond donors (Lipinski definition) is 0. The smallest absolute Gasteiger partial charge is 0.269 e. The molecule has 0 aliphatic carbocycles. The van der Waals surface area contributed by atoms with Crippen molar-refractivity contribution >= 4 is 28.9 Å². The summed E-state index contributed by atoms with van der Waals surface area (Å²) >= 11 is 12.4. The summed E-state index contributed by atoms with van der Waals surface area (Å²) in [7, 11) is 1.90. The predicted molar refractivity (Wildman–Crippen MR) is 95.0 cm³/mol. The van der Waals surface area contributed by atoms with Gasteiger partial charge in [0, 0.05) is 46.4 Å². The molecule has 0 radical (unpaired) electrons. The van der Waals surface area contributed by atoms with Crippen LogP contribution in [0.4, 0.5) is 5.69 Å². The molecular weight excluding hydrogens is 367 g/mol. The molecule has 3 rings (SSSR count). The van der Waals surface area contributed by atoms with Gasteiger partial charge in [0.15, 0.2) is 6.79 Å². The summed E-state index contributed by atoms with van der Waals surface area (Å²) < 4.78 is 10.9. The zero-order valence-corrected chi connectivity index (χ0v) is 15.0. The maximum absolute atomic E-state index is 10.9. The van der Waals surface area contributed by atoms with E-state index in [4.69, 9.17) is 32.7 Å². The van der Waals surface area contributed by atoms with Crippen LogP contribution in [-0.4, -0.2) is 23.7 Å². The number of non-ortho nitro benzene ring substituents is 1. The average molecular weight is 383 g/mol. The van der Waals surface area contributed by atoms with Crippen molar-refractivity contribution in [3.05, 3.63) is 67.2 Å². The Morgan fingerprint density at radius 3 is 2.72 bits per heavy atom. The SMILES string of the molecule is CN(Cc1cc([N+](=O)[O-])ccc1Cl)Cc1cc(Cl)cc2c1OCOC2. The van der Waals surface area contributed by atoms with E-state index >= 15 is 0 Å². The lowest BCUT2D eigenvalue weighted by molar-refractivity contribution is -0.384. The van der Waals surface area contributed by atoms with E-state index in [0.29, 0.717) is 35.3 Å². The van der Waals surface area contributed by atoms with E-state index in [9.17, 15) is 10.1 Å². The van der Waals surface area contributed by atoms with Crippen LogP contribution in [0, 0.1) is 10.1 Å². The number of halogens is 2. The third-order valence-corrected chi connectivity index (χ3v) is 4.46. The first-order valence-electron chi connectivity index (χ1n) is 7.57. The number of nitro benzene ring substituents is 1. The molecule has 6 nitrogen and oxygen atoms in total. The molecule has 2 aromatic rings. The molecule has 132 valence electrons. The number of rotatable bonds is 5. The van der Waals surface area contributed by atoms with Crippen LogP contribution >= 0.6 is 23.2 Å². The standard InChI is InChI=1S/C17H16Cl2N2O4/c1-20(7-11-6-15(21(22)23)2-3-16(11)19)8-12-4-14(18)5-13-9-24-10-25-17(12)13/h2-6H,7-10H2,1H3. The Hall–Kier alpha value is -1.86. The molecule has 0 atom stereocenters. The number of benzene rings is 2. The van der Waals surface area contributed by atoms with Crippen molar-refractivity contribution in [2.45, 2.75) is 19.7 Å². The first-order valence-corrected chi connectivity index (χ1v) is 8.33. The quantitative estimate of drug-likeness (QED) is 0.566. The van der Waals surface area contributed by atoms with E-state index in [1.54, 1.807) is 6.07 Å². The minimum absolute atomic E-state index is 0.0217. The van der Waals surface area contributed by atoms with Gasteiger partial charge >= 0.3 is 0 Å². The minimum atomic E-state index is -0.430. The molecule has 0 aromatic heterocycles. The van der Waals surface area contributed by atoms with Gasteiger partial charge in [-0.25, -0.2) is 0 Å². The summed E-state index contributed by atoms with van der Waals surface area (Å²) in [5, 5.41) is 12.1. The van der Waals surface area contributed by atoms with Crippen molar-refractivity contribution in [3.63, 3.8) is 0 Å². The number of ether oxygens (including phenoxy) is 2. The predicted octanol–water partition coefficient (Wildman–Crippen LogP) is 4.40. The Morgan fingerprint density at radius 2 is 1.96 bits per heavy atom. The summed E-state index contributed by atoms with van der Waals surface area (Å²) in [5.41, 5.74) is 2.57. The van der Waals surface area contributed by atoms with E-state index < -0.39 is 4.92 Å². The van der Waals surface area contributed by atoms with Crippen molar-refractivity contribution in [1.29, 1.82) is 0 Å². The van der Waals surface area contributed by atoms with Crippen molar-refractivity contribution in [1.82, 2.24) is 4.90 Å². The Balaban J connectivity index is 1.80. The van der Waals surface area contributed by atoms with Gasteiger partial charge in [0.25, 0.3) is 5.69 Å². The Kier molecular flexibility index (Phi) is 5.44. The van der Waals surface area contributed by atoms with Crippen LogP contribution in [0.1, 0.15) is 16.7 Å². The molecule has 0 bridgehead atoms. The van der Waals surface area contributed by atoms with Crippen LogP contribution in [0.3, 0.4) is 0 Å². The van der Waals surface area contributed by atoms with Crippen LogP contribution < -0.4 is 4.74 Å². The van der Waals surface area contributed by atoms with Gasteiger partial charge in [0.2, 0.25) is 0 Å². The number of nitrogens with zero attached hydrogens (tertiary/aromatic N) is 2. The van der Waals surface area contributed by atoms with E-state index in [1.807, 2.05) is 24.1 Å². The number of fused-ring (bicyclic) bond motifs is 1. The summed E-state index contributed by atoms with van der Waals surface area (Å²) in [6, 6.07) is 8.13. The van der Waals surface area contributed by atoms with Crippen molar-refractivity contribution < 1.29 is 14.4 Å². The maximum Gasteiger partial charge on any atom is 0.269 e. The minimum Gasteiger partial charge on any atom is -0.467 e. The highest BCUT2D eigenvalue weighted by Crippen LogP contribution is 2.33. The van der Waals surface area contributed by atoms with Gasteiger partial charge < -0.3 is 9.47 Å². The van der Waals surface area contributed by atoms with Gasteiger partial charge in [0.05, 0.1) is 11.5 Å². The number of hydrogen-bond acceptors (Lipinski definition) is 5. The molecule has 1 aliphatic rings. The molecule has 0 amide bonds. The normalized spacial score (nSPS) is 13.4. The van der Waals surface area contributed by atoms with Gasteiger partial charge in [0.1, 0.15) is 5.75 Å². The monoisotopic (exact) mass is 382 g/mol. The van der Waals surface area contributed by atoms with E-state index in [1.165, 1.54) is 12.1 Å². The fourth-order valence-corrected chi connectivity index (χ4v) is 3.25. The molecule has 25 heavy (non-hydrogen) atoms. The zero-order valence-electron chi connectivity index (χ0n) is 13.5. The fraction of sp³-hybridized carbons (Fsp3) is 0.294. The van der Waals surface area contributed by atoms with E-state index in [0.717, 1.165) is 16.9 Å². The van der Waals surface area contributed by atoms with E-state index in [-0.39, 0.29) is 12.5 Å². The van der Waals surface area contributed by atoms with Crippen molar-refractivity contribution in [3.8, 4) is 5.75 Å². The van der Waals surface area contributed by atoms with Gasteiger partial charge in [-0.15, -0.1) is 0 Å². The zero-order chi connectivity index (χ0) is 18.0. The van der Waals surface area contributed by atoms with Crippen LogP contribution in [-0.2, 0) is 24.4 Å². The van der Waals surface area contributed by atoms with Crippen LogP contribution in [0.2, 0.25) is 10.0 Å². The number of nitro groups is 1. The molecule has 8 heteroatoms. The summed E-state index contributed by atoms with van der Waals surface area (Å²) in [6.07, 6.45) is 0. The Bertz CT molecular complexity index is 813. The van der Waals surface area contributed by atoms with Gasteiger partial charge in [-0.1, -0.05) is 23.2 Å². The highest BCUT2D eigenvalue weighted by Gasteiger charge is 2.18. The third kappa shape index (κ3) is 4.22. The van der Waals surface area contributed by atoms with Crippen molar-refractivity contribution in [2.24, 2.45) is 0 Å².